The van der Waals surface area contributed by atoms with Crippen LogP contribution in [-0.4, -0.2) is 12.7 Å². The van der Waals surface area contributed by atoms with E-state index in [9.17, 15) is 0 Å². The van der Waals surface area contributed by atoms with Crippen molar-refractivity contribution in [2.75, 3.05) is 6.61 Å². The lowest BCUT2D eigenvalue weighted by Gasteiger charge is -2.36. The van der Waals surface area contributed by atoms with E-state index >= 15 is 0 Å². The molecule has 2 heteroatoms. The summed E-state index contributed by atoms with van der Waals surface area (Å²) in [7, 11) is 0. The molecule has 1 aromatic rings. The third kappa shape index (κ3) is 3.80. The molecule has 0 heterocycles. The maximum atomic E-state index is 5.97. The first-order valence-electron chi connectivity index (χ1n) is 6.72. The number of hydrogen-bond acceptors (Lipinski definition) is 2. The van der Waals surface area contributed by atoms with Crippen molar-refractivity contribution in [3.8, 4) is 5.75 Å². The fraction of sp³-hybridized carbons (Fsp3) is 0.500. The van der Waals surface area contributed by atoms with Gasteiger partial charge in [-0.05, 0) is 56.7 Å². The monoisotopic (exact) mass is 246 g/mol. The second-order valence-corrected chi connectivity index (χ2v) is 5.16. The Morgan fingerprint density at radius 2 is 2.00 bits per heavy atom. The maximum Gasteiger partial charge on any atom is 0.119 e. The molecule has 0 aliphatic heterocycles. The topological polar surface area (TPSA) is 18.5 Å². The highest BCUT2D eigenvalue weighted by Crippen LogP contribution is 2.34. The van der Waals surface area contributed by atoms with Crippen molar-refractivity contribution < 1.29 is 9.47 Å². The number of rotatable bonds is 6. The highest BCUT2D eigenvalue weighted by Gasteiger charge is 2.32. The van der Waals surface area contributed by atoms with Crippen LogP contribution in [0.2, 0.25) is 0 Å². The molecule has 0 amide bonds. The molecule has 0 N–H and O–H groups in total. The lowest BCUT2D eigenvalue weighted by molar-refractivity contribution is 0.0295. The lowest BCUT2D eigenvalue weighted by atomic mass is 9.80. The maximum absolute atomic E-state index is 5.97. The second-order valence-electron chi connectivity index (χ2n) is 5.16. The Hall–Kier alpha value is -1.44. The van der Waals surface area contributed by atoms with Crippen molar-refractivity contribution >= 4 is 0 Å². The zero-order valence-corrected chi connectivity index (χ0v) is 11.3. The van der Waals surface area contributed by atoms with Gasteiger partial charge in [-0.25, -0.2) is 0 Å². The van der Waals surface area contributed by atoms with Crippen LogP contribution in [0, 0.1) is 5.92 Å². The van der Waals surface area contributed by atoms with E-state index in [1.54, 1.807) is 0 Å². The van der Waals surface area contributed by atoms with Gasteiger partial charge in [-0.2, -0.15) is 0 Å². The molecule has 0 aromatic heterocycles. The van der Waals surface area contributed by atoms with E-state index in [2.05, 4.69) is 0 Å². The summed E-state index contributed by atoms with van der Waals surface area (Å²) < 4.78 is 11.5. The number of benzene rings is 1. The van der Waals surface area contributed by atoms with Gasteiger partial charge in [-0.1, -0.05) is 18.2 Å². The summed E-state index contributed by atoms with van der Waals surface area (Å²) in [5, 5.41) is 0. The minimum Gasteiger partial charge on any atom is -0.501 e. The summed E-state index contributed by atoms with van der Waals surface area (Å²) in [5.74, 6) is 1.63. The molecule has 2 nitrogen and oxygen atoms in total. The van der Waals surface area contributed by atoms with Gasteiger partial charge in [0.25, 0.3) is 0 Å². The van der Waals surface area contributed by atoms with Crippen LogP contribution in [0.15, 0.2) is 42.2 Å². The highest BCUT2D eigenvalue weighted by atomic mass is 16.5. The van der Waals surface area contributed by atoms with Gasteiger partial charge in [0, 0.05) is 0 Å². The van der Waals surface area contributed by atoms with E-state index < -0.39 is 0 Å². The minimum absolute atomic E-state index is 0.378. The van der Waals surface area contributed by atoms with Gasteiger partial charge < -0.3 is 9.47 Å². The predicted octanol–water partition coefficient (Wildman–Crippen LogP) is 4.17. The van der Waals surface area contributed by atoms with Crippen LogP contribution in [0.1, 0.15) is 33.1 Å². The molecule has 0 radical (unpaired) electrons. The van der Waals surface area contributed by atoms with Crippen LogP contribution in [0.4, 0.5) is 0 Å². The smallest absolute Gasteiger partial charge is 0.119 e. The molecule has 18 heavy (non-hydrogen) atoms. The molecular formula is C16H22O2. The van der Waals surface area contributed by atoms with Crippen LogP contribution in [-0.2, 0) is 4.74 Å². The molecule has 98 valence electrons. The van der Waals surface area contributed by atoms with Gasteiger partial charge in [0.2, 0.25) is 0 Å². The van der Waals surface area contributed by atoms with Gasteiger partial charge in [0.05, 0.1) is 12.9 Å². The van der Waals surface area contributed by atoms with Gasteiger partial charge in [0.1, 0.15) is 11.9 Å². The first kappa shape index (κ1) is 13.0. The number of para-hydroxylation sites is 1. The molecule has 2 rings (SSSR count). The molecule has 0 bridgehead atoms. The molecule has 1 aliphatic rings. The fourth-order valence-electron chi connectivity index (χ4n) is 2.14. The van der Waals surface area contributed by atoms with E-state index in [4.69, 9.17) is 9.47 Å². The standard InChI is InChI=1S/C16H22O2/c1-13(2)12-17-11-10-14-8-9-16(14)18-15-6-4-3-5-7-15/h3-7,12,14,16H,8-11H2,1-2H3. The summed E-state index contributed by atoms with van der Waals surface area (Å²) >= 11 is 0. The molecular weight excluding hydrogens is 224 g/mol. The van der Waals surface area contributed by atoms with E-state index in [1.165, 1.54) is 18.4 Å². The van der Waals surface area contributed by atoms with E-state index in [0.717, 1.165) is 18.8 Å². The third-order valence-electron chi connectivity index (χ3n) is 3.30. The van der Waals surface area contributed by atoms with E-state index in [0.29, 0.717) is 12.0 Å². The Bertz CT molecular complexity index is 379. The third-order valence-corrected chi connectivity index (χ3v) is 3.30. The van der Waals surface area contributed by atoms with Crippen molar-refractivity contribution in [1.82, 2.24) is 0 Å². The Morgan fingerprint density at radius 1 is 1.22 bits per heavy atom. The van der Waals surface area contributed by atoms with Gasteiger partial charge in [-0.15, -0.1) is 0 Å². The first-order valence-corrected chi connectivity index (χ1v) is 6.72. The van der Waals surface area contributed by atoms with Crippen molar-refractivity contribution in [3.05, 3.63) is 42.2 Å². The van der Waals surface area contributed by atoms with Crippen LogP contribution in [0.3, 0.4) is 0 Å². The minimum atomic E-state index is 0.378. The van der Waals surface area contributed by atoms with Crippen molar-refractivity contribution in [2.45, 2.75) is 39.2 Å². The van der Waals surface area contributed by atoms with Crippen LogP contribution >= 0.6 is 0 Å². The van der Waals surface area contributed by atoms with E-state index in [-0.39, 0.29) is 0 Å². The molecule has 1 aliphatic carbocycles. The number of hydrogen-bond donors (Lipinski definition) is 0. The Balaban J connectivity index is 1.70. The van der Waals surface area contributed by atoms with Crippen LogP contribution < -0.4 is 4.74 Å². The lowest BCUT2D eigenvalue weighted by Crippen LogP contribution is -2.37. The van der Waals surface area contributed by atoms with E-state index in [1.807, 2.05) is 50.4 Å². The molecule has 1 aromatic carbocycles. The largest absolute Gasteiger partial charge is 0.501 e. The predicted molar refractivity (Wildman–Crippen MR) is 73.6 cm³/mol. The van der Waals surface area contributed by atoms with Crippen molar-refractivity contribution in [2.24, 2.45) is 5.92 Å². The van der Waals surface area contributed by atoms with Gasteiger partial charge in [0.15, 0.2) is 0 Å². The summed E-state index contributed by atoms with van der Waals surface area (Å²) in [4.78, 5) is 0. The quantitative estimate of drug-likeness (QED) is 0.554. The zero-order valence-electron chi connectivity index (χ0n) is 11.3. The highest BCUT2D eigenvalue weighted by molar-refractivity contribution is 5.21. The SMILES string of the molecule is CC(C)=COCCC1CCC1Oc1ccccc1. The molecule has 2 unspecified atom stereocenters. The van der Waals surface area contributed by atoms with Crippen molar-refractivity contribution in [3.63, 3.8) is 0 Å². The van der Waals surface area contributed by atoms with Gasteiger partial charge >= 0.3 is 0 Å². The fourth-order valence-corrected chi connectivity index (χ4v) is 2.14. The Kier molecular flexibility index (Phi) is 4.68. The Morgan fingerprint density at radius 3 is 2.61 bits per heavy atom. The normalized spacial score (nSPS) is 21.9. The first-order chi connectivity index (χ1) is 8.75. The van der Waals surface area contributed by atoms with Crippen LogP contribution in [0.5, 0.6) is 5.75 Å². The molecule has 0 saturated heterocycles. The summed E-state index contributed by atoms with van der Waals surface area (Å²) in [6.45, 7) is 4.89. The number of ether oxygens (including phenoxy) is 2. The average molecular weight is 246 g/mol. The molecule has 1 fully saturated rings. The summed E-state index contributed by atoms with van der Waals surface area (Å²) in [5.41, 5.74) is 1.21. The second kappa shape index (κ2) is 6.48. The Labute approximate surface area is 110 Å². The van der Waals surface area contributed by atoms with Crippen molar-refractivity contribution in [1.29, 1.82) is 0 Å². The average Bonchev–Trinajstić information content (AvgIpc) is 2.35. The van der Waals surface area contributed by atoms with Gasteiger partial charge in [-0.3, -0.25) is 0 Å². The number of allylic oxidation sites excluding steroid dienone is 1. The molecule has 2 atom stereocenters. The zero-order chi connectivity index (χ0) is 12.8. The molecule has 0 spiro atoms. The summed E-state index contributed by atoms with van der Waals surface area (Å²) in [6, 6.07) is 10.1. The molecule has 1 saturated carbocycles. The summed E-state index contributed by atoms with van der Waals surface area (Å²) in [6.07, 6.45) is 5.73. The van der Waals surface area contributed by atoms with Crippen LogP contribution in [0.25, 0.3) is 0 Å².